The molecule has 0 aliphatic carbocycles. The van der Waals surface area contributed by atoms with E-state index < -0.39 is 89.6 Å². The van der Waals surface area contributed by atoms with Crippen molar-refractivity contribution in [1.29, 1.82) is 0 Å². The average molecular weight is 865 g/mol. The normalized spacial score (nSPS) is 20.0. The highest BCUT2D eigenvalue weighted by atomic mass is 19.1. The highest BCUT2D eigenvalue weighted by Gasteiger charge is 2.42. The largest absolute Gasteiger partial charge is 0.465 e. The third-order valence-corrected chi connectivity index (χ3v) is 11.3. The van der Waals surface area contributed by atoms with Gasteiger partial charge >= 0.3 is 24.1 Å². The van der Waals surface area contributed by atoms with Gasteiger partial charge < -0.3 is 49.7 Å². The maximum atomic E-state index is 14.9. The van der Waals surface area contributed by atoms with Crippen molar-refractivity contribution in [2.45, 2.75) is 129 Å². The number of hydrogen-bond donors (Lipinski definition) is 5. The van der Waals surface area contributed by atoms with Gasteiger partial charge in [-0.2, -0.15) is 0 Å². The summed E-state index contributed by atoms with van der Waals surface area (Å²) in [6.07, 6.45) is -2.32. The zero-order chi connectivity index (χ0) is 45.2. The smallest absolute Gasteiger partial charge is 0.408 e. The average Bonchev–Trinajstić information content (AvgIpc) is 3.94. The number of halogens is 2. The molecule has 0 bridgehead atoms. The summed E-state index contributed by atoms with van der Waals surface area (Å²) < 4.78 is 46.4. The Balaban J connectivity index is 1.44. The second-order valence-corrected chi connectivity index (χ2v) is 17.0. The Kier molecular flexibility index (Phi) is 13.5. The van der Waals surface area contributed by atoms with Crippen LogP contribution in [0.5, 0.6) is 0 Å². The fourth-order valence-electron chi connectivity index (χ4n) is 8.77. The van der Waals surface area contributed by atoms with Crippen LogP contribution in [0.4, 0.5) is 18.4 Å². The van der Waals surface area contributed by atoms with Gasteiger partial charge in [0.1, 0.15) is 41.5 Å². The molecule has 6 atom stereocenters. The first-order valence-electron chi connectivity index (χ1n) is 20.8. The SMILES string of the molecule is CC[C@H](NC(=O)O)C(=O)N1C[C@@H](OC(C)=O)C[C@H]1Cc1c(-c2[nH]c3cc(F)ccc3c2C[C@@H]2C[C@H](OC(C)=O)CN2C(=O)[C@H](CC)NC(=O)OC(C)(C)C)[nH]c2cc(F)ccc12. The maximum Gasteiger partial charge on any atom is 0.408 e. The van der Waals surface area contributed by atoms with Crippen LogP contribution in [-0.2, 0) is 46.2 Å². The Labute approximate surface area is 357 Å². The van der Waals surface area contributed by atoms with Crippen LogP contribution in [0.1, 0.15) is 85.3 Å². The third-order valence-electron chi connectivity index (χ3n) is 11.3. The number of aromatic nitrogens is 2. The number of esters is 2. The van der Waals surface area contributed by atoms with E-state index >= 15 is 0 Å². The number of ether oxygens (including phenoxy) is 3. The number of carbonyl (C=O) groups is 6. The number of carbonyl (C=O) groups excluding carboxylic acids is 5. The Morgan fingerprint density at radius 1 is 0.742 bits per heavy atom. The fourth-order valence-corrected chi connectivity index (χ4v) is 8.77. The van der Waals surface area contributed by atoms with Gasteiger partial charge in [0.05, 0.1) is 24.5 Å². The van der Waals surface area contributed by atoms with Gasteiger partial charge in [-0.3, -0.25) is 19.2 Å². The van der Waals surface area contributed by atoms with Gasteiger partial charge in [-0.15, -0.1) is 0 Å². The maximum absolute atomic E-state index is 14.9. The molecule has 2 aromatic heterocycles. The zero-order valence-corrected chi connectivity index (χ0v) is 35.9. The fraction of sp³-hybridized carbons (Fsp3) is 0.500. The minimum Gasteiger partial charge on any atom is -0.465 e. The highest BCUT2D eigenvalue weighted by molar-refractivity contribution is 5.96. The molecule has 0 radical (unpaired) electrons. The van der Waals surface area contributed by atoms with Crippen molar-refractivity contribution in [3.63, 3.8) is 0 Å². The minimum atomic E-state index is -1.37. The van der Waals surface area contributed by atoms with Crippen molar-refractivity contribution < 1.29 is 56.9 Å². The van der Waals surface area contributed by atoms with Crippen LogP contribution in [-0.4, -0.2) is 116 Å². The van der Waals surface area contributed by atoms with E-state index in [2.05, 4.69) is 20.6 Å². The molecule has 2 saturated heterocycles. The zero-order valence-electron chi connectivity index (χ0n) is 35.9. The van der Waals surface area contributed by atoms with Gasteiger partial charge in [-0.05, 0) is 94.0 Å². The summed E-state index contributed by atoms with van der Waals surface area (Å²) in [5.41, 5.74) is 2.31. The van der Waals surface area contributed by atoms with E-state index in [9.17, 15) is 42.7 Å². The van der Waals surface area contributed by atoms with E-state index in [-0.39, 0.29) is 51.6 Å². The number of alkyl carbamates (subject to hydrolysis) is 1. The van der Waals surface area contributed by atoms with Crippen molar-refractivity contribution >= 4 is 57.7 Å². The van der Waals surface area contributed by atoms with Crippen LogP contribution in [0.15, 0.2) is 36.4 Å². The number of H-pyrrole nitrogens is 2. The first-order chi connectivity index (χ1) is 29.2. The van der Waals surface area contributed by atoms with Crippen molar-refractivity contribution in [1.82, 2.24) is 30.4 Å². The first-order valence-corrected chi connectivity index (χ1v) is 20.8. The molecule has 18 heteroatoms. The van der Waals surface area contributed by atoms with Crippen LogP contribution < -0.4 is 10.6 Å². The number of aromatic amines is 2. The van der Waals surface area contributed by atoms with Crippen molar-refractivity contribution in [3.8, 4) is 11.4 Å². The summed E-state index contributed by atoms with van der Waals surface area (Å²) in [5.74, 6) is -3.01. The van der Waals surface area contributed by atoms with E-state index in [1.54, 1.807) is 51.7 Å². The molecule has 2 aliphatic rings. The van der Waals surface area contributed by atoms with Gasteiger partial charge in [0, 0.05) is 60.6 Å². The quantitative estimate of drug-likeness (QED) is 0.0771. The topological polar surface area (TPSA) is 212 Å². The van der Waals surface area contributed by atoms with Crippen LogP contribution in [0.2, 0.25) is 0 Å². The minimum absolute atomic E-state index is 0.0146. The van der Waals surface area contributed by atoms with Crippen LogP contribution >= 0.6 is 0 Å². The van der Waals surface area contributed by atoms with E-state index in [0.29, 0.717) is 44.3 Å². The lowest BCUT2D eigenvalue weighted by atomic mass is 9.94. The lowest BCUT2D eigenvalue weighted by molar-refractivity contribution is -0.147. The molecule has 62 heavy (non-hydrogen) atoms. The Morgan fingerprint density at radius 2 is 1.16 bits per heavy atom. The number of rotatable bonds is 13. The second kappa shape index (κ2) is 18.4. The number of nitrogens with zero attached hydrogens (tertiary/aromatic N) is 2. The molecule has 0 saturated carbocycles. The Bertz CT molecular complexity index is 2370. The summed E-state index contributed by atoms with van der Waals surface area (Å²) in [4.78, 5) is 86.9. The second-order valence-electron chi connectivity index (χ2n) is 17.0. The van der Waals surface area contributed by atoms with Gasteiger partial charge in [0.2, 0.25) is 11.8 Å². The van der Waals surface area contributed by atoms with Crippen LogP contribution in [0.3, 0.4) is 0 Å². The molecule has 4 heterocycles. The predicted molar refractivity (Wildman–Crippen MR) is 223 cm³/mol. The molecule has 2 aliphatic heterocycles. The lowest BCUT2D eigenvalue weighted by Crippen LogP contribution is -2.51. The lowest BCUT2D eigenvalue weighted by Gasteiger charge is -2.30. The van der Waals surface area contributed by atoms with E-state index in [0.717, 1.165) is 0 Å². The van der Waals surface area contributed by atoms with Gasteiger partial charge in [0.15, 0.2) is 0 Å². The summed E-state index contributed by atoms with van der Waals surface area (Å²) in [7, 11) is 0. The molecular formula is C44H54F2N6O10. The molecule has 334 valence electrons. The van der Waals surface area contributed by atoms with Crippen molar-refractivity contribution in [2.24, 2.45) is 0 Å². The summed E-state index contributed by atoms with van der Waals surface area (Å²) >= 11 is 0. The van der Waals surface area contributed by atoms with Gasteiger partial charge in [0.25, 0.3) is 0 Å². The van der Waals surface area contributed by atoms with E-state index in [1.165, 1.54) is 43.0 Å². The third kappa shape index (κ3) is 10.3. The van der Waals surface area contributed by atoms with Crippen LogP contribution in [0.25, 0.3) is 33.2 Å². The monoisotopic (exact) mass is 864 g/mol. The molecular weight excluding hydrogens is 811 g/mol. The van der Waals surface area contributed by atoms with E-state index in [4.69, 9.17) is 14.2 Å². The first kappa shape index (κ1) is 45.3. The molecule has 2 fully saturated rings. The number of amides is 4. The standard InChI is InChI=1S/C44H54F2N6O10/c1-8-34(49-42(57)58)40(55)51-20-28(60-22(3)53)16-26(51)18-32-30-12-10-24(45)14-36(30)47-38(32)39-33(31-13-11-25(46)15-37(31)48-39)19-27-17-29(61-23(4)54)21-52(27)41(56)35(9-2)50-43(59)62-44(5,6)7/h10-15,26-29,34-35,47-49H,8-9,16-21H2,1-7H3,(H,50,59)(H,57,58)/t26-,27-,28-,29-,34-,35-/m0/s1. The number of carboxylic acid groups (broad SMARTS) is 1. The molecule has 4 amide bonds. The Hall–Kier alpha value is -6.20. The molecule has 16 nitrogen and oxygen atoms in total. The molecule has 6 rings (SSSR count). The molecule has 2 aromatic carbocycles. The molecule has 4 aromatic rings. The number of nitrogens with one attached hydrogen (secondary N) is 4. The summed E-state index contributed by atoms with van der Waals surface area (Å²) in [5, 5.41) is 15.7. The predicted octanol–water partition coefficient (Wildman–Crippen LogP) is 6.09. The number of hydrogen-bond acceptors (Lipinski definition) is 9. The molecule has 5 N–H and O–H groups in total. The summed E-state index contributed by atoms with van der Waals surface area (Å²) in [6.45, 7) is 11.2. The highest BCUT2D eigenvalue weighted by Crippen LogP contribution is 2.40. The van der Waals surface area contributed by atoms with Gasteiger partial charge in [-0.25, -0.2) is 18.4 Å². The molecule has 0 unspecified atom stereocenters. The number of likely N-dealkylation sites (tertiary alicyclic amines) is 2. The number of benzene rings is 2. The van der Waals surface area contributed by atoms with E-state index in [1.807, 2.05) is 0 Å². The number of fused-ring (bicyclic) bond motifs is 2. The van der Waals surface area contributed by atoms with Crippen LogP contribution in [0, 0.1) is 11.6 Å². The van der Waals surface area contributed by atoms with Gasteiger partial charge in [-0.1, -0.05) is 13.8 Å². The van der Waals surface area contributed by atoms with Crippen molar-refractivity contribution in [3.05, 3.63) is 59.2 Å². The van der Waals surface area contributed by atoms with Crippen molar-refractivity contribution in [2.75, 3.05) is 13.1 Å². The molecule has 0 spiro atoms. The Morgan fingerprint density at radius 3 is 1.53 bits per heavy atom. The summed E-state index contributed by atoms with van der Waals surface area (Å²) in [6, 6.07) is 5.27.